The largest absolute Gasteiger partial charge is 0.476 e. The van der Waals surface area contributed by atoms with Crippen LogP contribution in [0.25, 0.3) is 0 Å². The molecule has 1 aliphatic rings. The van der Waals surface area contributed by atoms with Crippen LogP contribution in [0.4, 0.5) is 5.69 Å². The zero-order chi connectivity index (χ0) is 18.9. The van der Waals surface area contributed by atoms with Crippen molar-refractivity contribution < 1.29 is 17.9 Å². The summed E-state index contributed by atoms with van der Waals surface area (Å²) >= 11 is 5.97. The molecule has 1 heterocycles. The van der Waals surface area contributed by atoms with E-state index in [2.05, 4.69) is 5.32 Å². The van der Waals surface area contributed by atoms with Gasteiger partial charge in [-0.15, -0.1) is 0 Å². The van der Waals surface area contributed by atoms with E-state index >= 15 is 0 Å². The van der Waals surface area contributed by atoms with Crippen molar-refractivity contribution in [2.45, 2.75) is 19.6 Å². The number of nitrogens with one attached hydrogen (secondary N) is 1. The first-order chi connectivity index (χ1) is 12.3. The average Bonchev–Trinajstić information content (AvgIpc) is 2.59. The van der Waals surface area contributed by atoms with Crippen molar-refractivity contribution in [3.8, 4) is 5.75 Å². The molecule has 1 atom stereocenters. The Morgan fingerprint density at radius 1 is 1.31 bits per heavy atom. The number of rotatable bonds is 4. The molecule has 2 aromatic carbocycles. The van der Waals surface area contributed by atoms with E-state index in [9.17, 15) is 13.2 Å². The summed E-state index contributed by atoms with van der Waals surface area (Å²) in [5.74, 6) is -0.0652. The van der Waals surface area contributed by atoms with Crippen LogP contribution in [-0.2, 0) is 21.4 Å². The second-order valence-electron chi connectivity index (χ2n) is 6.16. The van der Waals surface area contributed by atoms with Crippen LogP contribution >= 0.6 is 11.6 Å². The van der Waals surface area contributed by atoms with Gasteiger partial charge in [0.25, 0.3) is 5.91 Å². The fourth-order valence-electron chi connectivity index (χ4n) is 2.78. The van der Waals surface area contributed by atoms with Gasteiger partial charge in [0.05, 0.1) is 18.5 Å². The van der Waals surface area contributed by atoms with Gasteiger partial charge in [-0.25, -0.2) is 8.42 Å². The summed E-state index contributed by atoms with van der Waals surface area (Å²) in [6.07, 6.45) is 0.146. The molecule has 0 saturated carbocycles. The molecule has 0 aliphatic carbocycles. The van der Waals surface area contributed by atoms with Crippen molar-refractivity contribution in [3.63, 3.8) is 0 Å². The highest BCUT2D eigenvalue weighted by molar-refractivity contribution is 7.92. The minimum absolute atomic E-state index is 0.105. The SMILES string of the molecule is Cc1ccccc1CNC(=O)[C@H]1CN(S(C)(=O)=O)c2cc(Cl)ccc2O1. The van der Waals surface area contributed by atoms with Crippen molar-refractivity contribution in [2.24, 2.45) is 0 Å². The first-order valence-corrected chi connectivity index (χ1v) is 10.2. The molecule has 6 nitrogen and oxygen atoms in total. The Balaban J connectivity index is 1.80. The average molecular weight is 395 g/mol. The predicted molar refractivity (Wildman–Crippen MR) is 101 cm³/mol. The Kier molecular flexibility index (Phi) is 5.11. The minimum Gasteiger partial charge on any atom is -0.476 e. The molecule has 0 spiro atoms. The number of anilines is 1. The maximum Gasteiger partial charge on any atom is 0.263 e. The summed E-state index contributed by atoms with van der Waals surface area (Å²) in [5, 5.41) is 3.20. The fourth-order valence-corrected chi connectivity index (χ4v) is 3.85. The molecular formula is C18H19ClN2O4S. The highest BCUT2D eigenvalue weighted by atomic mass is 35.5. The number of hydrogen-bond donors (Lipinski definition) is 1. The number of sulfonamides is 1. The van der Waals surface area contributed by atoms with Crippen LogP contribution in [0.1, 0.15) is 11.1 Å². The Hall–Kier alpha value is -2.25. The van der Waals surface area contributed by atoms with Gasteiger partial charge in [0.2, 0.25) is 10.0 Å². The van der Waals surface area contributed by atoms with Crippen molar-refractivity contribution in [3.05, 3.63) is 58.6 Å². The molecule has 0 bridgehead atoms. The number of benzene rings is 2. The van der Waals surface area contributed by atoms with Crippen LogP contribution < -0.4 is 14.4 Å². The number of halogens is 1. The van der Waals surface area contributed by atoms with Gasteiger partial charge in [-0.1, -0.05) is 35.9 Å². The van der Waals surface area contributed by atoms with E-state index in [0.29, 0.717) is 23.0 Å². The van der Waals surface area contributed by atoms with Crippen molar-refractivity contribution in [1.29, 1.82) is 0 Å². The number of fused-ring (bicyclic) bond motifs is 1. The highest BCUT2D eigenvalue weighted by Crippen LogP contribution is 2.37. The molecule has 3 rings (SSSR count). The summed E-state index contributed by atoms with van der Waals surface area (Å²) in [5.41, 5.74) is 2.39. The van der Waals surface area contributed by atoms with Gasteiger partial charge in [0.1, 0.15) is 5.75 Å². The molecule has 26 heavy (non-hydrogen) atoms. The van der Waals surface area contributed by atoms with E-state index in [1.165, 1.54) is 6.07 Å². The number of nitrogens with zero attached hydrogens (tertiary/aromatic N) is 1. The first-order valence-electron chi connectivity index (χ1n) is 8.02. The molecule has 2 aromatic rings. The number of hydrogen-bond acceptors (Lipinski definition) is 4. The normalized spacial score (nSPS) is 16.6. The zero-order valence-corrected chi connectivity index (χ0v) is 16.0. The predicted octanol–water partition coefficient (Wildman–Crippen LogP) is 2.49. The lowest BCUT2D eigenvalue weighted by Gasteiger charge is -2.34. The molecule has 0 saturated heterocycles. The molecule has 0 fully saturated rings. The van der Waals surface area contributed by atoms with Gasteiger partial charge in [0.15, 0.2) is 6.10 Å². The fraction of sp³-hybridized carbons (Fsp3) is 0.278. The van der Waals surface area contributed by atoms with Crippen LogP contribution in [0.15, 0.2) is 42.5 Å². The smallest absolute Gasteiger partial charge is 0.263 e. The Morgan fingerprint density at radius 2 is 2.04 bits per heavy atom. The molecule has 1 N–H and O–H groups in total. The minimum atomic E-state index is -3.58. The van der Waals surface area contributed by atoms with Gasteiger partial charge in [-0.05, 0) is 36.2 Å². The van der Waals surface area contributed by atoms with Crippen molar-refractivity contribution in [2.75, 3.05) is 17.1 Å². The number of amides is 1. The topological polar surface area (TPSA) is 75.7 Å². The van der Waals surface area contributed by atoms with Gasteiger partial charge in [-0.3, -0.25) is 9.10 Å². The van der Waals surface area contributed by atoms with Gasteiger partial charge in [0, 0.05) is 11.6 Å². The second kappa shape index (κ2) is 7.17. The van der Waals surface area contributed by atoms with E-state index in [-0.39, 0.29) is 12.5 Å². The Labute approximate surface area is 157 Å². The summed E-state index contributed by atoms with van der Waals surface area (Å²) in [6, 6.07) is 12.4. The number of ether oxygens (including phenoxy) is 1. The first kappa shape index (κ1) is 18.5. The second-order valence-corrected chi connectivity index (χ2v) is 8.50. The van der Waals surface area contributed by atoms with E-state index in [0.717, 1.165) is 21.7 Å². The Morgan fingerprint density at radius 3 is 2.73 bits per heavy atom. The van der Waals surface area contributed by atoms with Crippen LogP contribution in [0, 0.1) is 6.92 Å². The summed E-state index contributed by atoms with van der Waals surface area (Å²) < 4.78 is 31.2. The van der Waals surface area contributed by atoms with Crippen molar-refractivity contribution >= 4 is 33.2 Å². The van der Waals surface area contributed by atoms with E-state index in [1.54, 1.807) is 12.1 Å². The summed E-state index contributed by atoms with van der Waals surface area (Å²) in [7, 11) is -3.58. The lowest BCUT2D eigenvalue weighted by Crippen LogP contribution is -2.50. The lowest BCUT2D eigenvalue weighted by atomic mass is 10.1. The zero-order valence-electron chi connectivity index (χ0n) is 14.4. The molecule has 1 aliphatic heterocycles. The van der Waals surface area contributed by atoms with E-state index in [4.69, 9.17) is 16.3 Å². The molecule has 138 valence electrons. The highest BCUT2D eigenvalue weighted by Gasteiger charge is 2.35. The van der Waals surface area contributed by atoms with Crippen LogP contribution in [-0.4, -0.2) is 33.2 Å². The van der Waals surface area contributed by atoms with Crippen LogP contribution in [0.2, 0.25) is 5.02 Å². The number of aryl methyl sites for hydroxylation is 1. The maximum absolute atomic E-state index is 12.5. The third-order valence-electron chi connectivity index (χ3n) is 4.20. The van der Waals surface area contributed by atoms with Crippen LogP contribution in [0.3, 0.4) is 0 Å². The Bertz CT molecular complexity index is 946. The summed E-state index contributed by atoms with van der Waals surface area (Å²) in [4.78, 5) is 12.5. The lowest BCUT2D eigenvalue weighted by molar-refractivity contribution is -0.127. The molecule has 0 radical (unpaired) electrons. The molecule has 0 unspecified atom stereocenters. The number of carbonyl (C=O) groups excluding carboxylic acids is 1. The van der Waals surface area contributed by atoms with Crippen molar-refractivity contribution in [1.82, 2.24) is 5.32 Å². The standard InChI is InChI=1S/C18H19ClN2O4S/c1-12-5-3-4-6-13(12)10-20-18(22)17-11-21(26(2,23)24)15-9-14(19)7-8-16(15)25-17/h3-9,17H,10-11H2,1-2H3,(H,20,22)/t17-/m1/s1. The van der Waals surface area contributed by atoms with Gasteiger partial charge < -0.3 is 10.1 Å². The monoisotopic (exact) mass is 394 g/mol. The third kappa shape index (κ3) is 3.94. The summed E-state index contributed by atoms with van der Waals surface area (Å²) in [6.45, 7) is 2.20. The van der Waals surface area contributed by atoms with Gasteiger partial charge in [-0.2, -0.15) is 0 Å². The van der Waals surface area contributed by atoms with Crippen LogP contribution in [0.5, 0.6) is 5.75 Å². The van der Waals surface area contributed by atoms with E-state index in [1.807, 2.05) is 31.2 Å². The third-order valence-corrected chi connectivity index (χ3v) is 5.58. The molecule has 0 aromatic heterocycles. The quantitative estimate of drug-likeness (QED) is 0.864. The van der Waals surface area contributed by atoms with Gasteiger partial charge >= 0.3 is 0 Å². The van der Waals surface area contributed by atoms with E-state index < -0.39 is 16.1 Å². The molecule has 1 amide bonds. The maximum atomic E-state index is 12.5. The molecule has 8 heteroatoms. The number of carbonyl (C=O) groups is 1. The molecular weight excluding hydrogens is 376 g/mol.